The summed E-state index contributed by atoms with van der Waals surface area (Å²) in [5.74, 6) is -1.28. The number of nitrogens with zero attached hydrogens (tertiary/aromatic N) is 3. The smallest absolute Gasteiger partial charge is 0.326 e. The first kappa shape index (κ1) is 16.9. The molecule has 1 N–H and O–H groups in total. The van der Waals surface area contributed by atoms with Crippen molar-refractivity contribution in [2.24, 2.45) is 0 Å². The summed E-state index contributed by atoms with van der Waals surface area (Å²) in [6.07, 6.45) is 4.98. The zero-order valence-corrected chi connectivity index (χ0v) is 14.5. The highest BCUT2D eigenvalue weighted by atomic mass is 19.1. The first-order valence-electron chi connectivity index (χ1n) is 8.46. The Morgan fingerprint density at radius 2 is 1.74 bits per heavy atom. The van der Waals surface area contributed by atoms with E-state index in [0.29, 0.717) is 16.7 Å². The molecule has 134 valence electrons. The van der Waals surface area contributed by atoms with Gasteiger partial charge in [-0.05, 0) is 48.9 Å². The Hall–Kier alpha value is -3.54. The monoisotopic (exact) mass is 361 g/mol. The molecule has 0 aliphatic carbocycles. The average Bonchev–Trinajstić information content (AvgIpc) is 3.03. The van der Waals surface area contributed by atoms with Crippen molar-refractivity contribution in [1.29, 1.82) is 0 Å². The lowest BCUT2D eigenvalue weighted by Gasteiger charge is -2.16. The molecule has 0 saturated carbocycles. The maximum atomic E-state index is 13.5. The largest absolute Gasteiger partial charge is 0.480 e. The number of carboxylic acid groups (broad SMARTS) is 1. The quantitative estimate of drug-likeness (QED) is 0.579. The number of carboxylic acids is 1. The van der Waals surface area contributed by atoms with E-state index in [-0.39, 0.29) is 5.82 Å². The molecule has 0 saturated heterocycles. The normalized spacial score (nSPS) is 12.2. The molecule has 5 nitrogen and oxygen atoms in total. The van der Waals surface area contributed by atoms with Gasteiger partial charge in [-0.3, -0.25) is 9.97 Å². The number of aromatic nitrogens is 3. The Kier molecular flexibility index (Phi) is 4.16. The lowest BCUT2D eigenvalue weighted by molar-refractivity contribution is -0.140. The van der Waals surface area contributed by atoms with E-state index in [1.54, 1.807) is 48.3 Å². The summed E-state index contributed by atoms with van der Waals surface area (Å²) in [7, 11) is 0. The molecule has 27 heavy (non-hydrogen) atoms. The maximum Gasteiger partial charge on any atom is 0.326 e. The fraction of sp³-hybridized carbons (Fsp3) is 0.0952. The van der Waals surface area contributed by atoms with E-state index in [0.717, 1.165) is 16.7 Å². The van der Waals surface area contributed by atoms with E-state index >= 15 is 0 Å². The lowest BCUT2D eigenvalue weighted by Crippen LogP contribution is -2.16. The Morgan fingerprint density at radius 3 is 2.41 bits per heavy atom. The molecule has 0 aliphatic rings. The van der Waals surface area contributed by atoms with Gasteiger partial charge in [0.25, 0.3) is 0 Å². The van der Waals surface area contributed by atoms with Gasteiger partial charge in [0.05, 0.1) is 16.7 Å². The first-order chi connectivity index (χ1) is 13.1. The number of fused-ring (bicyclic) bond motifs is 1. The molecule has 0 fully saturated rings. The van der Waals surface area contributed by atoms with E-state index < -0.39 is 12.0 Å². The highest BCUT2D eigenvalue weighted by Gasteiger charge is 2.26. The number of benzene rings is 1. The van der Waals surface area contributed by atoms with Gasteiger partial charge in [-0.15, -0.1) is 0 Å². The van der Waals surface area contributed by atoms with Crippen LogP contribution in [-0.2, 0) is 4.79 Å². The number of hydrogen-bond acceptors (Lipinski definition) is 3. The average molecular weight is 361 g/mol. The molecule has 0 bridgehead atoms. The zero-order chi connectivity index (χ0) is 19.0. The fourth-order valence-corrected chi connectivity index (χ4v) is 3.33. The van der Waals surface area contributed by atoms with Crippen molar-refractivity contribution < 1.29 is 14.3 Å². The highest BCUT2D eigenvalue weighted by molar-refractivity contribution is 6.03. The number of hydrogen-bond donors (Lipinski definition) is 1. The summed E-state index contributed by atoms with van der Waals surface area (Å²) in [6, 6.07) is 12.6. The lowest BCUT2D eigenvalue weighted by atomic mass is 10.0. The molecule has 1 atom stereocenters. The van der Waals surface area contributed by atoms with Gasteiger partial charge in [-0.2, -0.15) is 0 Å². The molecule has 4 aromatic rings. The van der Waals surface area contributed by atoms with Crippen LogP contribution in [0, 0.1) is 5.82 Å². The van der Waals surface area contributed by atoms with Gasteiger partial charge in [0.15, 0.2) is 0 Å². The summed E-state index contributed by atoms with van der Waals surface area (Å²) in [6.45, 7) is 1.63. The van der Waals surface area contributed by atoms with Gasteiger partial charge in [-0.1, -0.05) is 12.1 Å². The summed E-state index contributed by atoms with van der Waals surface area (Å²) < 4.78 is 15.2. The minimum absolute atomic E-state index is 0.334. The Morgan fingerprint density at radius 1 is 1.04 bits per heavy atom. The SMILES string of the molecule is CC(C(=O)O)n1c(-c2ccncc2)c(-c2ccc(F)cc2)c2ncccc21. The number of halogens is 1. The van der Waals surface area contributed by atoms with Crippen LogP contribution in [0.5, 0.6) is 0 Å². The van der Waals surface area contributed by atoms with Crippen LogP contribution in [0.1, 0.15) is 13.0 Å². The van der Waals surface area contributed by atoms with Crippen molar-refractivity contribution >= 4 is 17.0 Å². The van der Waals surface area contributed by atoms with Crippen LogP contribution in [0.15, 0.2) is 67.1 Å². The van der Waals surface area contributed by atoms with Gasteiger partial charge in [0.2, 0.25) is 0 Å². The summed E-state index contributed by atoms with van der Waals surface area (Å²) >= 11 is 0. The molecule has 0 radical (unpaired) electrons. The van der Waals surface area contributed by atoms with Crippen molar-refractivity contribution in [3.63, 3.8) is 0 Å². The Balaban J connectivity index is 2.15. The third kappa shape index (κ3) is 2.85. The van der Waals surface area contributed by atoms with E-state index in [9.17, 15) is 14.3 Å². The summed E-state index contributed by atoms with van der Waals surface area (Å²) in [4.78, 5) is 20.4. The minimum atomic E-state index is -0.947. The van der Waals surface area contributed by atoms with Crippen molar-refractivity contribution in [3.8, 4) is 22.4 Å². The number of carbonyl (C=O) groups is 1. The van der Waals surface area contributed by atoms with Crippen LogP contribution in [0.3, 0.4) is 0 Å². The Labute approximate surface area is 154 Å². The van der Waals surface area contributed by atoms with E-state index in [2.05, 4.69) is 9.97 Å². The van der Waals surface area contributed by atoms with Crippen LogP contribution in [0.25, 0.3) is 33.4 Å². The van der Waals surface area contributed by atoms with E-state index in [4.69, 9.17) is 0 Å². The van der Waals surface area contributed by atoms with Gasteiger partial charge < -0.3 is 9.67 Å². The third-order valence-corrected chi connectivity index (χ3v) is 4.59. The van der Waals surface area contributed by atoms with Crippen molar-refractivity contribution in [1.82, 2.24) is 14.5 Å². The topological polar surface area (TPSA) is 68.0 Å². The standard InChI is InChI=1S/C21H16FN3O2/c1-13(21(26)27)25-17-3-2-10-24-19(17)18(14-4-6-16(22)7-5-14)20(25)15-8-11-23-12-9-15/h2-13H,1H3,(H,26,27). The molecule has 0 amide bonds. The molecule has 0 aliphatic heterocycles. The Bertz CT molecular complexity index is 1120. The van der Waals surface area contributed by atoms with Crippen molar-refractivity contribution in [3.05, 3.63) is 72.9 Å². The van der Waals surface area contributed by atoms with E-state index in [1.165, 1.54) is 12.1 Å². The molecule has 3 aromatic heterocycles. The second-order valence-electron chi connectivity index (χ2n) is 6.22. The van der Waals surface area contributed by atoms with Crippen LogP contribution in [0.4, 0.5) is 4.39 Å². The molecule has 1 aromatic carbocycles. The molecule has 1 unspecified atom stereocenters. The number of rotatable bonds is 4. The van der Waals surface area contributed by atoms with Crippen LogP contribution in [-0.4, -0.2) is 25.6 Å². The molecule has 6 heteroatoms. The molecular weight excluding hydrogens is 345 g/mol. The van der Waals surface area contributed by atoms with Crippen molar-refractivity contribution in [2.45, 2.75) is 13.0 Å². The first-order valence-corrected chi connectivity index (χ1v) is 8.46. The summed E-state index contributed by atoms with van der Waals surface area (Å²) in [5, 5.41) is 9.68. The van der Waals surface area contributed by atoms with E-state index in [1.807, 2.05) is 18.2 Å². The predicted molar refractivity (Wildman–Crippen MR) is 101 cm³/mol. The molecule has 3 heterocycles. The summed E-state index contributed by atoms with van der Waals surface area (Å²) in [5.41, 5.74) is 4.44. The van der Waals surface area contributed by atoms with Gasteiger partial charge in [0.1, 0.15) is 11.9 Å². The van der Waals surface area contributed by atoms with Gasteiger partial charge in [0, 0.05) is 29.7 Å². The number of pyridine rings is 2. The predicted octanol–water partition coefficient (Wildman–Crippen LogP) is 4.55. The van der Waals surface area contributed by atoms with Crippen LogP contribution >= 0.6 is 0 Å². The number of aliphatic carboxylic acids is 1. The van der Waals surface area contributed by atoms with Gasteiger partial charge >= 0.3 is 5.97 Å². The van der Waals surface area contributed by atoms with Crippen LogP contribution in [0.2, 0.25) is 0 Å². The second kappa shape index (κ2) is 6.64. The van der Waals surface area contributed by atoms with Gasteiger partial charge in [-0.25, -0.2) is 9.18 Å². The molecular formula is C21H16FN3O2. The molecule has 4 rings (SSSR count). The molecule has 0 spiro atoms. The second-order valence-corrected chi connectivity index (χ2v) is 6.22. The fourth-order valence-electron chi connectivity index (χ4n) is 3.33. The van der Waals surface area contributed by atoms with Crippen LogP contribution < -0.4 is 0 Å². The maximum absolute atomic E-state index is 13.5. The highest BCUT2D eigenvalue weighted by Crippen LogP contribution is 2.41. The zero-order valence-electron chi connectivity index (χ0n) is 14.5. The third-order valence-electron chi connectivity index (χ3n) is 4.59. The van der Waals surface area contributed by atoms with Crippen molar-refractivity contribution in [2.75, 3.05) is 0 Å². The minimum Gasteiger partial charge on any atom is -0.480 e.